The third-order valence-electron chi connectivity index (χ3n) is 4.75. The monoisotopic (exact) mass is 298 g/mol. The van der Waals surface area contributed by atoms with E-state index in [0.29, 0.717) is 0 Å². The number of unbranched alkanes of at least 4 members (excludes halogenated alkanes) is 4. The van der Waals surface area contributed by atoms with Crippen molar-refractivity contribution in [2.24, 2.45) is 0 Å². The Kier molecular flexibility index (Phi) is 12.3. The summed E-state index contributed by atoms with van der Waals surface area (Å²) in [5.74, 6) is 0. The van der Waals surface area contributed by atoms with Crippen LogP contribution in [0.5, 0.6) is 0 Å². The van der Waals surface area contributed by atoms with Crippen LogP contribution in [0.3, 0.4) is 0 Å². The van der Waals surface area contributed by atoms with E-state index in [0.717, 1.165) is 32.3 Å². The lowest BCUT2D eigenvalue weighted by molar-refractivity contribution is -0.0475. The molecule has 21 heavy (non-hydrogen) atoms. The largest absolute Gasteiger partial charge is 0.390 e. The van der Waals surface area contributed by atoms with E-state index in [-0.39, 0.29) is 12.2 Å². The molecule has 1 saturated carbocycles. The Morgan fingerprint density at radius 1 is 0.762 bits per heavy atom. The van der Waals surface area contributed by atoms with Crippen LogP contribution in [-0.4, -0.2) is 23.9 Å². The molecule has 0 aliphatic heterocycles. The molecule has 1 fully saturated rings. The van der Waals surface area contributed by atoms with E-state index in [2.05, 4.69) is 6.92 Å². The number of ether oxygens (including phenoxy) is 1. The summed E-state index contributed by atoms with van der Waals surface area (Å²) in [7, 11) is 0. The van der Waals surface area contributed by atoms with Gasteiger partial charge in [0.15, 0.2) is 0 Å². The normalized spacial score (nSPS) is 26.0. The average Bonchev–Trinajstić information content (AvgIpc) is 2.48. The van der Waals surface area contributed by atoms with E-state index in [4.69, 9.17) is 4.74 Å². The van der Waals surface area contributed by atoms with E-state index in [9.17, 15) is 5.11 Å². The highest BCUT2D eigenvalue weighted by atomic mass is 16.5. The zero-order valence-electron chi connectivity index (χ0n) is 14.3. The van der Waals surface area contributed by atoms with Crippen molar-refractivity contribution in [3.8, 4) is 0 Å². The molecule has 2 heteroatoms. The SMILES string of the molecule is CCCCCCCOC1CCCCCCCCCCC1O. The molecule has 0 amide bonds. The van der Waals surface area contributed by atoms with E-state index in [1.807, 2.05) is 0 Å². The van der Waals surface area contributed by atoms with Gasteiger partial charge in [-0.05, 0) is 19.3 Å². The van der Waals surface area contributed by atoms with Gasteiger partial charge in [-0.2, -0.15) is 0 Å². The van der Waals surface area contributed by atoms with Gasteiger partial charge < -0.3 is 9.84 Å². The molecule has 2 atom stereocenters. The second-order valence-corrected chi connectivity index (χ2v) is 6.80. The van der Waals surface area contributed by atoms with Crippen LogP contribution in [0.1, 0.15) is 103 Å². The maximum absolute atomic E-state index is 10.4. The van der Waals surface area contributed by atoms with Crippen molar-refractivity contribution < 1.29 is 9.84 Å². The Morgan fingerprint density at radius 2 is 1.33 bits per heavy atom. The van der Waals surface area contributed by atoms with Crippen LogP contribution in [-0.2, 0) is 4.74 Å². The lowest BCUT2D eigenvalue weighted by Gasteiger charge is -2.24. The Balaban J connectivity index is 2.21. The van der Waals surface area contributed by atoms with Crippen LogP contribution in [0.15, 0.2) is 0 Å². The highest BCUT2D eigenvalue weighted by Gasteiger charge is 2.19. The van der Waals surface area contributed by atoms with Gasteiger partial charge in [0.1, 0.15) is 0 Å². The topological polar surface area (TPSA) is 29.5 Å². The minimum Gasteiger partial charge on any atom is -0.390 e. The summed E-state index contributed by atoms with van der Waals surface area (Å²) in [5.41, 5.74) is 0. The van der Waals surface area contributed by atoms with Crippen molar-refractivity contribution in [1.29, 1.82) is 0 Å². The predicted octanol–water partition coefficient (Wildman–Crippen LogP) is 5.62. The fourth-order valence-corrected chi connectivity index (χ4v) is 3.27. The predicted molar refractivity (Wildman–Crippen MR) is 90.7 cm³/mol. The van der Waals surface area contributed by atoms with Crippen molar-refractivity contribution in [2.45, 2.75) is 115 Å². The second kappa shape index (κ2) is 13.6. The van der Waals surface area contributed by atoms with Gasteiger partial charge in [0.05, 0.1) is 12.2 Å². The number of rotatable bonds is 7. The minimum atomic E-state index is -0.236. The molecule has 0 heterocycles. The molecular weight excluding hydrogens is 260 g/mol. The van der Waals surface area contributed by atoms with Crippen LogP contribution in [0.4, 0.5) is 0 Å². The van der Waals surface area contributed by atoms with Crippen molar-refractivity contribution in [3.05, 3.63) is 0 Å². The molecule has 126 valence electrons. The Bertz CT molecular complexity index is 218. The quantitative estimate of drug-likeness (QED) is 0.618. The molecule has 0 bridgehead atoms. The fraction of sp³-hybridized carbons (Fsp3) is 1.00. The van der Waals surface area contributed by atoms with E-state index in [1.54, 1.807) is 0 Å². The molecule has 1 rings (SSSR count). The highest BCUT2D eigenvalue weighted by Crippen LogP contribution is 2.19. The van der Waals surface area contributed by atoms with Crippen LogP contribution in [0, 0.1) is 0 Å². The Morgan fingerprint density at radius 3 is 2.00 bits per heavy atom. The molecule has 1 N–H and O–H groups in total. The van der Waals surface area contributed by atoms with E-state index < -0.39 is 0 Å². The van der Waals surface area contributed by atoms with Gasteiger partial charge in [-0.1, -0.05) is 84.0 Å². The second-order valence-electron chi connectivity index (χ2n) is 6.80. The number of hydrogen-bond donors (Lipinski definition) is 1. The first-order chi connectivity index (χ1) is 10.3. The Labute approximate surface area is 132 Å². The summed E-state index contributed by atoms with van der Waals surface area (Å²) >= 11 is 0. The Hall–Kier alpha value is -0.0800. The number of aliphatic hydroxyl groups is 1. The average molecular weight is 299 g/mol. The van der Waals surface area contributed by atoms with Gasteiger partial charge in [0.25, 0.3) is 0 Å². The zero-order valence-corrected chi connectivity index (χ0v) is 14.3. The van der Waals surface area contributed by atoms with Crippen LogP contribution in [0.2, 0.25) is 0 Å². The third-order valence-corrected chi connectivity index (χ3v) is 4.75. The molecule has 0 radical (unpaired) electrons. The number of aliphatic hydroxyl groups excluding tert-OH is 1. The molecular formula is C19H38O2. The van der Waals surface area contributed by atoms with Crippen molar-refractivity contribution in [2.75, 3.05) is 6.61 Å². The standard InChI is InChI=1S/C19H38O2/c1-2-3-4-11-14-17-21-19-16-13-10-8-6-5-7-9-12-15-18(19)20/h18-20H,2-17H2,1H3. The summed E-state index contributed by atoms with van der Waals surface area (Å²) in [4.78, 5) is 0. The first-order valence-electron chi connectivity index (χ1n) is 9.64. The van der Waals surface area contributed by atoms with Gasteiger partial charge in [0.2, 0.25) is 0 Å². The van der Waals surface area contributed by atoms with Crippen LogP contribution < -0.4 is 0 Å². The van der Waals surface area contributed by atoms with E-state index in [1.165, 1.54) is 70.6 Å². The number of hydrogen-bond acceptors (Lipinski definition) is 2. The molecule has 0 aromatic rings. The molecule has 2 nitrogen and oxygen atoms in total. The maximum Gasteiger partial charge on any atom is 0.0833 e. The van der Waals surface area contributed by atoms with Crippen LogP contribution in [0.25, 0.3) is 0 Å². The minimum absolute atomic E-state index is 0.0931. The first kappa shape index (κ1) is 19.0. The van der Waals surface area contributed by atoms with Crippen molar-refractivity contribution in [3.63, 3.8) is 0 Å². The smallest absolute Gasteiger partial charge is 0.0833 e. The first-order valence-corrected chi connectivity index (χ1v) is 9.64. The lowest BCUT2D eigenvalue weighted by atomic mass is 9.97. The van der Waals surface area contributed by atoms with Gasteiger partial charge >= 0.3 is 0 Å². The summed E-state index contributed by atoms with van der Waals surface area (Å²) in [6.07, 6.45) is 18.7. The summed E-state index contributed by atoms with van der Waals surface area (Å²) in [6.45, 7) is 3.09. The zero-order chi connectivity index (χ0) is 15.2. The fourth-order valence-electron chi connectivity index (χ4n) is 3.27. The van der Waals surface area contributed by atoms with Crippen molar-refractivity contribution in [1.82, 2.24) is 0 Å². The molecule has 0 aromatic carbocycles. The van der Waals surface area contributed by atoms with Crippen molar-refractivity contribution >= 4 is 0 Å². The third kappa shape index (κ3) is 10.3. The van der Waals surface area contributed by atoms with Gasteiger partial charge in [-0.3, -0.25) is 0 Å². The van der Waals surface area contributed by atoms with E-state index >= 15 is 0 Å². The molecule has 0 spiro atoms. The van der Waals surface area contributed by atoms with Gasteiger partial charge in [-0.15, -0.1) is 0 Å². The van der Waals surface area contributed by atoms with Gasteiger partial charge in [0, 0.05) is 6.61 Å². The maximum atomic E-state index is 10.4. The molecule has 0 aromatic heterocycles. The molecule has 2 unspecified atom stereocenters. The highest BCUT2D eigenvalue weighted by molar-refractivity contribution is 4.70. The summed E-state index contributed by atoms with van der Waals surface area (Å²) in [5, 5.41) is 10.4. The molecule has 1 aliphatic rings. The summed E-state index contributed by atoms with van der Waals surface area (Å²) < 4.78 is 6.03. The summed E-state index contributed by atoms with van der Waals surface area (Å²) in [6, 6.07) is 0. The van der Waals surface area contributed by atoms with Crippen LogP contribution >= 0.6 is 0 Å². The van der Waals surface area contributed by atoms with Gasteiger partial charge in [-0.25, -0.2) is 0 Å². The molecule has 1 aliphatic carbocycles. The lowest BCUT2D eigenvalue weighted by Crippen LogP contribution is -2.29. The molecule has 0 saturated heterocycles.